The Bertz CT molecular complexity index is 724. The summed E-state index contributed by atoms with van der Waals surface area (Å²) in [6, 6.07) is 12.8. The van der Waals surface area contributed by atoms with Crippen LogP contribution in [0.4, 0.5) is 0 Å². The molecule has 2 aliphatic rings. The van der Waals surface area contributed by atoms with Crippen molar-refractivity contribution in [1.29, 1.82) is 0 Å². The van der Waals surface area contributed by atoms with Crippen molar-refractivity contribution in [1.82, 2.24) is 19.6 Å². The lowest BCUT2D eigenvalue weighted by Crippen LogP contribution is -2.44. The molecule has 1 aromatic heterocycles. The third-order valence-electron chi connectivity index (χ3n) is 5.29. The van der Waals surface area contributed by atoms with Crippen LogP contribution in [-0.2, 0) is 22.5 Å². The molecule has 0 N–H and O–H groups in total. The van der Waals surface area contributed by atoms with Crippen LogP contribution in [-0.4, -0.2) is 64.9 Å². The van der Waals surface area contributed by atoms with E-state index in [0.717, 1.165) is 26.1 Å². The Kier molecular flexibility index (Phi) is 5.32. The monoisotopic (exact) mass is 354 g/mol. The van der Waals surface area contributed by atoms with Crippen molar-refractivity contribution in [2.45, 2.75) is 25.4 Å². The van der Waals surface area contributed by atoms with Crippen LogP contribution in [0.5, 0.6) is 0 Å². The fourth-order valence-electron chi connectivity index (χ4n) is 3.86. The average Bonchev–Trinajstić information content (AvgIpc) is 3.17. The molecule has 138 valence electrons. The summed E-state index contributed by atoms with van der Waals surface area (Å²) in [6.07, 6.45) is 3.39. The van der Waals surface area contributed by atoms with Gasteiger partial charge in [0.1, 0.15) is 0 Å². The van der Waals surface area contributed by atoms with Gasteiger partial charge in [-0.25, -0.2) is 0 Å². The molecule has 4 rings (SSSR count). The first-order valence-corrected chi connectivity index (χ1v) is 9.44. The summed E-state index contributed by atoms with van der Waals surface area (Å²) in [5.41, 5.74) is 2.55. The van der Waals surface area contributed by atoms with E-state index >= 15 is 0 Å². The second-order valence-electron chi connectivity index (χ2n) is 7.09. The van der Waals surface area contributed by atoms with Gasteiger partial charge < -0.3 is 9.64 Å². The Hall–Kier alpha value is -2.18. The highest BCUT2D eigenvalue weighted by Gasteiger charge is 2.29. The van der Waals surface area contributed by atoms with Gasteiger partial charge in [-0.05, 0) is 18.1 Å². The van der Waals surface area contributed by atoms with Crippen molar-refractivity contribution in [3.63, 3.8) is 0 Å². The lowest BCUT2D eigenvalue weighted by atomic mass is 10.1. The van der Waals surface area contributed by atoms with E-state index in [0.29, 0.717) is 32.7 Å². The number of hydrogen-bond donors (Lipinski definition) is 0. The highest BCUT2D eigenvalue weighted by atomic mass is 16.5. The number of amides is 1. The second-order valence-corrected chi connectivity index (χ2v) is 7.09. The van der Waals surface area contributed by atoms with Gasteiger partial charge in [0.15, 0.2) is 0 Å². The van der Waals surface area contributed by atoms with Crippen LogP contribution in [0, 0.1) is 0 Å². The van der Waals surface area contributed by atoms with E-state index < -0.39 is 0 Å². The van der Waals surface area contributed by atoms with Crippen LogP contribution < -0.4 is 0 Å². The third kappa shape index (κ3) is 3.97. The van der Waals surface area contributed by atoms with Crippen molar-refractivity contribution in [3.8, 4) is 0 Å². The molecular weight excluding hydrogens is 328 g/mol. The molecule has 1 atom stereocenters. The van der Waals surface area contributed by atoms with Crippen LogP contribution in [0.25, 0.3) is 0 Å². The number of benzene rings is 1. The molecule has 0 aliphatic carbocycles. The van der Waals surface area contributed by atoms with Gasteiger partial charge in [0.25, 0.3) is 0 Å². The fourth-order valence-corrected chi connectivity index (χ4v) is 3.86. The fraction of sp³-hybridized carbons (Fsp3) is 0.500. The number of fused-ring (bicyclic) bond motifs is 1. The number of rotatable bonds is 5. The highest BCUT2D eigenvalue weighted by Crippen LogP contribution is 2.24. The molecule has 0 saturated carbocycles. The second kappa shape index (κ2) is 8.01. The van der Waals surface area contributed by atoms with Gasteiger partial charge in [0, 0.05) is 38.9 Å². The Balaban J connectivity index is 1.40. The molecule has 0 radical (unpaired) electrons. The molecular formula is C20H26N4O2. The number of ether oxygens (including phenoxy) is 1. The summed E-state index contributed by atoms with van der Waals surface area (Å²) in [5, 5.41) is 4.48. The molecule has 1 aromatic carbocycles. The number of aromatic nitrogens is 2. The zero-order chi connectivity index (χ0) is 17.8. The summed E-state index contributed by atoms with van der Waals surface area (Å²) in [4.78, 5) is 17.1. The third-order valence-corrected chi connectivity index (χ3v) is 5.29. The molecule has 2 aliphatic heterocycles. The maximum absolute atomic E-state index is 12.7. The predicted octanol–water partition coefficient (Wildman–Crippen LogP) is 1.73. The van der Waals surface area contributed by atoms with Crippen molar-refractivity contribution in [2.24, 2.45) is 0 Å². The molecule has 6 heteroatoms. The van der Waals surface area contributed by atoms with Crippen LogP contribution in [0.2, 0.25) is 0 Å². The Morgan fingerprint density at radius 2 is 1.96 bits per heavy atom. The van der Waals surface area contributed by atoms with Gasteiger partial charge in [0.2, 0.25) is 5.91 Å². The van der Waals surface area contributed by atoms with E-state index in [9.17, 15) is 4.79 Å². The minimum atomic E-state index is 0.111. The number of morpholine rings is 1. The summed E-state index contributed by atoms with van der Waals surface area (Å²) >= 11 is 0. The highest BCUT2D eigenvalue weighted by molar-refractivity contribution is 5.76. The maximum Gasteiger partial charge on any atom is 0.224 e. The molecule has 0 bridgehead atoms. The van der Waals surface area contributed by atoms with Crippen LogP contribution >= 0.6 is 0 Å². The van der Waals surface area contributed by atoms with Gasteiger partial charge in [-0.1, -0.05) is 30.3 Å². The molecule has 3 heterocycles. The Labute approximate surface area is 154 Å². The number of nitrogens with zero attached hydrogens (tertiary/aromatic N) is 4. The van der Waals surface area contributed by atoms with Crippen molar-refractivity contribution < 1.29 is 9.53 Å². The van der Waals surface area contributed by atoms with Crippen LogP contribution in [0.1, 0.15) is 23.7 Å². The Morgan fingerprint density at radius 1 is 1.15 bits per heavy atom. The summed E-state index contributed by atoms with van der Waals surface area (Å²) in [6.45, 7) is 5.47. The molecule has 2 aromatic rings. The molecule has 1 fully saturated rings. The topological polar surface area (TPSA) is 50.6 Å². The largest absolute Gasteiger partial charge is 0.378 e. The van der Waals surface area contributed by atoms with Gasteiger partial charge in [-0.3, -0.25) is 14.4 Å². The van der Waals surface area contributed by atoms with E-state index in [1.807, 2.05) is 11.1 Å². The molecule has 1 amide bonds. The number of hydrogen-bond acceptors (Lipinski definition) is 4. The van der Waals surface area contributed by atoms with Crippen molar-refractivity contribution in [2.75, 3.05) is 39.4 Å². The van der Waals surface area contributed by atoms with Crippen LogP contribution in [0.3, 0.4) is 0 Å². The van der Waals surface area contributed by atoms with Crippen molar-refractivity contribution in [3.05, 3.63) is 53.9 Å². The van der Waals surface area contributed by atoms with Gasteiger partial charge in [0.05, 0.1) is 31.4 Å². The minimum Gasteiger partial charge on any atom is -0.378 e. The predicted molar refractivity (Wildman–Crippen MR) is 98.7 cm³/mol. The first-order chi connectivity index (χ1) is 12.8. The summed E-state index contributed by atoms with van der Waals surface area (Å²) < 4.78 is 7.41. The summed E-state index contributed by atoms with van der Waals surface area (Å²) in [5.74, 6) is 0.213. The number of carbonyl (C=O) groups is 1. The smallest absolute Gasteiger partial charge is 0.224 e. The zero-order valence-corrected chi connectivity index (χ0v) is 15.1. The number of carbonyl (C=O) groups excluding carboxylic acids is 1. The van der Waals surface area contributed by atoms with E-state index in [2.05, 4.69) is 51.1 Å². The lowest BCUT2D eigenvalue weighted by Gasteiger charge is -2.35. The quantitative estimate of drug-likeness (QED) is 0.821. The lowest BCUT2D eigenvalue weighted by molar-refractivity contribution is -0.136. The van der Waals surface area contributed by atoms with Crippen molar-refractivity contribution >= 4 is 5.91 Å². The van der Waals surface area contributed by atoms with Gasteiger partial charge >= 0.3 is 0 Å². The normalized spacial score (nSPS) is 20.8. The van der Waals surface area contributed by atoms with Crippen LogP contribution in [0.15, 0.2) is 42.6 Å². The first-order valence-electron chi connectivity index (χ1n) is 9.44. The van der Waals surface area contributed by atoms with E-state index in [1.54, 1.807) is 0 Å². The van der Waals surface area contributed by atoms with Gasteiger partial charge in [-0.2, -0.15) is 5.10 Å². The standard InChI is InChI=1S/C20H26N4O2/c25-20(23-10-12-26-13-11-23)14-19-16-22(15-18-6-8-21-24(18)19)9-7-17-4-2-1-3-5-17/h1-6,8,19H,7,9-16H2/t19-/m0/s1. The molecule has 6 nitrogen and oxygen atoms in total. The Morgan fingerprint density at radius 3 is 2.77 bits per heavy atom. The summed E-state index contributed by atoms with van der Waals surface area (Å²) in [7, 11) is 0. The van der Waals surface area contributed by atoms with E-state index in [-0.39, 0.29) is 11.9 Å². The van der Waals surface area contributed by atoms with Gasteiger partial charge in [-0.15, -0.1) is 0 Å². The SMILES string of the molecule is O=C(C[C@H]1CN(CCc2ccccc2)Cc2ccnn21)N1CCOCC1. The zero-order valence-electron chi connectivity index (χ0n) is 15.1. The molecule has 0 unspecified atom stereocenters. The maximum atomic E-state index is 12.7. The first kappa shape index (κ1) is 17.2. The molecule has 1 saturated heterocycles. The molecule has 26 heavy (non-hydrogen) atoms. The van der Waals surface area contributed by atoms with E-state index in [4.69, 9.17) is 4.74 Å². The van der Waals surface area contributed by atoms with E-state index in [1.165, 1.54) is 11.3 Å². The molecule has 0 spiro atoms. The minimum absolute atomic E-state index is 0.111. The average molecular weight is 354 g/mol.